The van der Waals surface area contributed by atoms with Crippen molar-refractivity contribution in [2.45, 2.75) is 13.8 Å². The van der Waals surface area contributed by atoms with Crippen LogP contribution >= 0.6 is 11.6 Å². The van der Waals surface area contributed by atoms with Crippen LogP contribution in [0.25, 0.3) is 0 Å². The van der Waals surface area contributed by atoms with Gasteiger partial charge >= 0.3 is 0 Å². The fourth-order valence-electron chi connectivity index (χ4n) is 1.68. The van der Waals surface area contributed by atoms with Gasteiger partial charge in [-0.1, -0.05) is 11.6 Å². The molecular weight excluding hydrogens is 282 g/mol. The minimum atomic E-state index is 0.155. The van der Waals surface area contributed by atoms with Crippen molar-refractivity contribution in [1.29, 1.82) is 0 Å². The van der Waals surface area contributed by atoms with Crippen molar-refractivity contribution in [3.8, 4) is 0 Å². The molecule has 6 nitrogen and oxygen atoms in total. The summed E-state index contributed by atoms with van der Waals surface area (Å²) in [5.74, 6) is 0.513. The molecule has 1 aromatic rings. The van der Waals surface area contributed by atoms with Gasteiger partial charge in [-0.3, -0.25) is 4.79 Å². The number of hydrogen-bond donors (Lipinski definition) is 0. The first kappa shape index (κ1) is 16.8. The topological polar surface area (TPSA) is 64.6 Å². The standard InChI is InChI=1S/C13H20ClN3O3/c1-3-19-7-5-17(6-8-20-4-2)13-11(9-18)12(14)15-10-16-13/h9-10H,3-8H2,1-2H3. The summed E-state index contributed by atoms with van der Waals surface area (Å²) in [6.45, 7) is 7.45. The molecule has 7 heteroatoms. The molecule has 0 saturated heterocycles. The molecule has 0 saturated carbocycles. The zero-order valence-corrected chi connectivity index (χ0v) is 12.6. The van der Waals surface area contributed by atoms with Crippen LogP contribution in [0.4, 0.5) is 5.82 Å². The third-order valence-electron chi connectivity index (χ3n) is 2.65. The third kappa shape index (κ3) is 5.03. The van der Waals surface area contributed by atoms with E-state index in [4.69, 9.17) is 21.1 Å². The van der Waals surface area contributed by atoms with Crippen molar-refractivity contribution in [2.24, 2.45) is 0 Å². The van der Waals surface area contributed by atoms with Gasteiger partial charge in [-0.05, 0) is 13.8 Å². The SMILES string of the molecule is CCOCCN(CCOCC)c1ncnc(Cl)c1C=O. The van der Waals surface area contributed by atoms with Crippen molar-refractivity contribution < 1.29 is 14.3 Å². The van der Waals surface area contributed by atoms with E-state index in [9.17, 15) is 4.79 Å². The largest absolute Gasteiger partial charge is 0.380 e. The summed E-state index contributed by atoms with van der Waals surface area (Å²) >= 11 is 5.92. The molecule has 0 aromatic carbocycles. The van der Waals surface area contributed by atoms with Crippen LogP contribution in [-0.4, -0.2) is 55.8 Å². The van der Waals surface area contributed by atoms with Crippen molar-refractivity contribution in [2.75, 3.05) is 44.4 Å². The highest BCUT2D eigenvalue weighted by atomic mass is 35.5. The summed E-state index contributed by atoms with van der Waals surface area (Å²) < 4.78 is 10.7. The Kier molecular flexibility index (Phi) is 8.10. The highest BCUT2D eigenvalue weighted by Crippen LogP contribution is 2.21. The van der Waals surface area contributed by atoms with E-state index in [1.165, 1.54) is 6.33 Å². The van der Waals surface area contributed by atoms with Crippen molar-refractivity contribution >= 4 is 23.7 Å². The number of halogens is 1. The maximum absolute atomic E-state index is 11.2. The number of aromatic nitrogens is 2. The van der Waals surface area contributed by atoms with Gasteiger partial charge in [-0.2, -0.15) is 0 Å². The summed E-state index contributed by atoms with van der Waals surface area (Å²) in [4.78, 5) is 21.1. The molecule has 0 N–H and O–H groups in total. The Bertz CT molecular complexity index is 408. The predicted octanol–water partition coefficient (Wildman–Crippen LogP) is 1.82. The number of carbonyl (C=O) groups is 1. The lowest BCUT2D eigenvalue weighted by atomic mass is 10.3. The fourth-order valence-corrected chi connectivity index (χ4v) is 1.85. The predicted molar refractivity (Wildman–Crippen MR) is 77.6 cm³/mol. The molecule has 0 atom stereocenters. The quantitative estimate of drug-likeness (QED) is 0.373. The number of anilines is 1. The molecule has 112 valence electrons. The first-order chi connectivity index (χ1) is 9.74. The number of hydrogen-bond acceptors (Lipinski definition) is 6. The van der Waals surface area contributed by atoms with E-state index in [1.807, 2.05) is 18.7 Å². The molecule has 0 aliphatic rings. The summed E-state index contributed by atoms with van der Waals surface area (Å²) in [5.41, 5.74) is 0.294. The second-order valence-electron chi connectivity index (χ2n) is 3.90. The van der Waals surface area contributed by atoms with Gasteiger partial charge in [0, 0.05) is 26.3 Å². The van der Waals surface area contributed by atoms with E-state index >= 15 is 0 Å². The third-order valence-corrected chi connectivity index (χ3v) is 2.95. The lowest BCUT2D eigenvalue weighted by Crippen LogP contribution is -2.32. The Balaban J connectivity index is 2.84. The molecule has 1 rings (SSSR count). The molecule has 0 fully saturated rings. The van der Waals surface area contributed by atoms with Gasteiger partial charge in [0.1, 0.15) is 17.3 Å². The maximum atomic E-state index is 11.2. The van der Waals surface area contributed by atoms with Crippen LogP contribution in [0.1, 0.15) is 24.2 Å². The van der Waals surface area contributed by atoms with Crippen LogP contribution in [0, 0.1) is 0 Å². The van der Waals surface area contributed by atoms with E-state index in [-0.39, 0.29) is 5.15 Å². The highest BCUT2D eigenvalue weighted by molar-refractivity contribution is 6.32. The molecule has 20 heavy (non-hydrogen) atoms. The molecule has 0 aliphatic heterocycles. The van der Waals surface area contributed by atoms with E-state index < -0.39 is 0 Å². The molecule has 1 aromatic heterocycles. The summed E-state index contributed by atoms with van der Waals surface area (Å²) in [7, 11) is 0. The van der Waals surface area contributed by atoms with Crippen LogP contribution in [0.2, 0.25) is 5.15 Å². The van der Waals surface area contributed by atoms with Gasteiger partial charge in [0.2, 0.25) is 0 Å². The van der Waals surface area contributed by atoms with Gasteiger partial charge in [-0.15, -0.1) is 0 Å². The Morgan fingerprint density at radius 2 is 1.80 bits per heavy atom. The van der Waals surface area contributed by atoms with Crippen molar-refractivity contribution in [3.63, 3.8) is 0 Å². The van der Waals surface area contributed by atoms with Crippen LogP contribution < -0.4 is 4.90 Å². The zero-order chi connectivity index (χ0) is 14.8. The Morgan fingerprint density at radius 3 is 2.30 bits per heavy atom. The lowest BCUT2D eigenvalue weighted by Gasteiger charge is -2.24. The minimum Gasteiger partial charge on any atom is -0.380 e. The summed E-state index contributed by atoms with van der Waals surface area (Å²) in [6.07, 6.45) is 2.02. The van der Waals surface area contributed by atoms with Crippen LogP contribution in [0.3, 0.4) is 0 Å². The lowest BCUT2D eigenvalue weighted by molar-refractivity contribution is 0.112. The second kappa shape index (κ2) is 9.63. The molecule has 0 aliphatic carbocycles. The fraction of sp³-hybridized carbons (Fsp3) is 0.615. The van der Waals surface area contributed by atoms with Gasteiger partial charge in [-0.25, -0.2) is 9.97 Å². The van der Waals surface area contributed by atoms with Gasteiger partial charge < -0.3 is 14.4 Å². The minimum absolute atomic E-state index is 0.155. The normalized spacial score (nSPS) is 10.6. The first-order valence-corrected chi connectivity index (χ1v) is 6.98. The molecule has 1 heterocycles. The summed E-state index contributed by atoms with van der Waals surface area (Å²) in [5, 5.41) is 0.155. The Labute approximate surface area is 124 Å². The Hall–Kier alpha value is -1.24. The zero-order valence-electron chi connectivity index (χ0n) is 11.8. The molecule has 0 amide bonds. The van der Waals surface area contributed by atoms with E-state index in [0.717, 1.165) is 0 Å². The average molecular weight is 302 g/mol. The average Bonchev–Trinajstić information content (AvgIpc) is 2.46. The summed E-state index contributed by atoms with van der Waals surface area (Å²) in [6, 6.07) is 0. The number of rotatable bonds is 10. The Morgan fingerprint density at radius 1 is 1.20 bits per heavy atom. The molecular formula is C13H20ClN3O3. The highest BCUT2D eigenvalue weighted by Gasteiger charge is 2.16. The van der Waals surface area contributed by atoms with Crippen LogP contribution in [-0.2, 0) is 9.47 Å². The van der Waals surface area contributed by atoms with Crippen molar-refractivity contribution in [3.05, 3.63) is 17.0 Å². The van der Waals surface area contributed by atoms with Gasteiger partial charge in [0.05, 0.1) is 18.8 Å². The van der Waals surface area contributed by atoms with E-state index in [1.54, 1.807) is 0 Å². The van der Waals surface area contributed by atoms with Crippen LogP contribution in [0.15, 0.2) is 6.33 Å². The van der Waals surface area contributed by atoms with E-state index in [0.29, 0.717) is 57.2 Å². The smallest absolute Gasteiger partial charge is 0.156 e. The van der Waals surface area contributed by atoms with Crippen molar-refractivity contribution in [1.82, 2.24) is 9.97 Å². The maximum Gasteiger partial charge on any atom is 0.156 e. The van der Waals surface area contributed by atoms with Crippen LogP contribution in [0.5, 0.6) is 0 Å². The number of carbonyl (C=O) groups excluding carboxylic acids is 1. The first-order valence-electron chi connectivity index (χ1n) is 6.60. The number of ether oxygens (including phenoxy) is 2. The van der Waals surface area contributed by atoms with E-state index in [2.05, 4.69) is 9.97 Å². The monoisotopic (exact) mass is 301 g/mol. The molecule has 0 bridgehead atoms. The molecule has 0 spiro atoms. The van der Waals surface area contributed by atoms with Gasteiger partial charge in [0.25, 0.3) is 0 Å². The molecule has 0 radical (unpaired) electrons. The number of aldehydes is 1. The number of nitrogens with zero attached hydrogens (tertiary/aromatic N) is 3. The second-order valence-corrected chi connectivity index (χ2v) is 4.26. The van der Waals surface area contributed by atoms with Gasteiger partial charge in [0.15, 0.2) is 6.29 Å². The molecule has 0 unspecified atom stereocenters.